The van der Waals surface area contributed by atoms with Crippen LogP contribution in [0.5, 0.6) is 11.5 Å². The van der Waals surface area contributed by atoms with Crippen LogP contribution < -0.4 is 20.1 Å². The zero-order chi connectivity index (χ0) is 19.2. The minimum atomic E-state index is -0.181. The molecule has 1 aliphatic heterocycles. The normalized spacial score (nSPS) is 13.8. The second kappa shape index (κ2) is 10.3. The van der Waals surface area contributed by atoms with Crippen LogP contribution in [0.2, 0.25) is 0 Å². The molecular weight excluding hydrogens is 380 g/mol. The van der Waals surface area contributed by atoms with E-state index in [0.717, 1.165) is 48.4 Å². The number of benzene rings is 1. The van der Waals surface area contributed by atoms with Crippen molar-refractivity contribution in [2.45, 2.75) is 45.7 Å². The Labute approximate surface area is 172 Å². The fraction of sp³-hybridized carbons (Fsp3) is 0.500. The number of halogens is 1. The topological polar surface area (TPSA) is 88.3 Å². The number of hydrogen-bond donors (Lipinski definition) is 3. The molecule has 1 atom stereocenters. The van der Waals surface area contributed by atoms with Gasteiger partial charge in [0.05, 0.1) is 19.8 Å². The molecule has 0 saturated carbocycles. The van der Waals surface area contributed by atoms with E-state index < -0.39 is 0 Å². The van der Waals surface area contributed by atoms with Gasteiger partial charge in [0.15, 0.2) is 17.2 Å². The SMILES string of the molecule is CCCCOc1ccc(C(C)NC(=O)c2n[nH]c3c2CNCC3)cc1OC.Cl. The van der Waals surface area contributed by atoms with Gasteiger partial charge in [0.25, 0.3) is 5.91 Å². The van der Waals surface area contributed by atoms with E-state index >= 15 is 0 Å². The smallest absolute Gasteiger partial charge is 0.272 e. The summed E-state index contributed by atoms with van der Waals surface area (Å²) in [5.41, 5.74) is 3.42. The number of fused-ring (bicyclic) bond motifs is 1. The number of carbonyl (C=O) groups is 1. The van der Waals surface area contributed by atoms with Crippen LogP contribution in [-0.4, -0.2) is 36.4 Å². The van der Waals surface area contributed by atoms with Gasteiger partial charge in [-0.25, -0.2) is 0 Å². The van der Waals surface area contributed by atoms with Crippen molar-refractivity contribution in [3.8, 4) is 11.5 Å². The molecule has 1 aliphatic rings. The van der Waals surface area contributed by atoms with E-state index in [9.17, 15) is 4.79 Å². The quantitative estimate of drug-likeness (QED) is 0.584. The molecule has 0 saturated heterocycles. The van der Waals surface area contributed by atoms with Gasteiger partial charge in [-0.1, -0.05) is 19.4 Å². The van der Waals surface area contributed by atoms with Crippen molar-refractivity contribution in [2.24, 2.45) is 0 Å². The standard InChI is InChI=1S/C20H28N4O3.ClH/c1-4-5-10-27-17-7-6-14(11-18(17)26-3)13(2)22-20(25)19-15-12-21-9-8-16(15)23-24-19;/h6-7,11,13,21H,4-5,8-10,12H2,1-3H3,(H,22,25)(H,23,24);1H. The molecule has 2 aromatic rings. The molecule has 8 heteroatoms. The summed E-state index contributed by atoms with van der Waals surface area (Å²) in [6, 6.07) is 5.58. The van der Waals surface area contributed by atoms with E-state index in [2.05, 4.69) is 27.8 Å². The fourth-order valence-corrected chi connectivity index (χ4v) is 3.16. The highest BCUT2D eigenvalue weighted by molar-refractivity contribution is 5.94. The largest absolute Gasteiger partial charge is 0.493 e. The van der Waals surface area contributed by atoms with Crippen LogP contribution in [0, 0.1) is 0 Å². The first-order valence-electron chi connectivity index (χ1n) is 9.52. The zero-order valence-electron chi connectivity index (χ0n) is 16.6. The molecule has 7 nitrogen and oxygen atoms in total. The van der Waals surface area contributed by atoms with Gasteiger partial charge in [0.1, 0.15) is 0 Å². The highest BCUT2D eigenvalue weighted by Gasteiger charge is 2.23. The summed E-state index contributed by atoms with van der Waals surface area (Å²) in [6.45, 7) is 6.30. The van der Waals surface area contributed by atoms with Crippen molar-refractivity contribution >= 4 is 18.3 Å². The van der Waals surface area contributed by atoms with E-state index in [1.807, 2.05) is 25.1 Å². The minimum absolute atomic E-state index is 0. The Hall–Kier alpha value is -2.25. The maximum Gasteiger partial charge on any atom is 0.272 e. The molecule has 28 heavy (non-hydrogen) atoms. The fourth-order valence-electron chi connectivity index (χ4n) is 3.16. The molecule has 0 fully saturated rings. The van der Waals surface area contributed by atoms with Crippen molar-refractivity contribution in [1.29, 1.82) is 0 Å². The van der Waals surface area contributed by atoms with Gasteiger partial charge in [-0.05, 0) is 31.0 Å². The summed E-state index contributed by atoms with van der Waals surface area (Å²) in [5, 5.41) is 13.5. The lowest BCUT2D eigenvalue weighted by atomic mass is 10.1. The number of aromatic nitrogens is 2. The summed E-state index contributed by atoms with van der Waals surface area (Å²) in [7, 11) is 1.62. The van der Waals surface area contributed by atoms with Crippen LogP contribution in [0.4, 0.5) is 0 Å². The van der Waals surface area contributed by atoms with Gasteiger partial charge < -0.3 is 20.1 Å². The Kier molecular flexibility index (Phi) is 8.14. The van der Waals surface area contributed by atoms with Crippen LogP contribution in [0.15, 0.2) is 18.2 Å². The summed E-state index contributed by atoms with van der Waals surface area (Å²) in [4.78, 5) is 12.7. The number of aromatic amines is 1. The number of H-pyrrole nitrogens is 1. The number of rotatable bonds is 8. The summed E-state index contributed by atoms with van der Waals surface area (Å²) >= 11 is 0. The Morgan fingerprint density at radius 1 is 1.36 bits per heavy atom. The van der Waals surface area contributed by atoms with E-state index in [1.54, 1.807) is 7.11 Å². The monoisotopic (exact) mass is 408 g/mol. The first-order chi connectivity index (χ1) is 13.1. The van der Waals surface area contributed by atoms with Crippen molar-refractivity contribution in [1.82, 2.24) is 20.8 Å². The van der Waals surface area contributed by atoms with Crippen molar-refractivity contribution < 1.29 is 14.3 Å². The van der Waals surface area contributed by atoms with Gasteiger partial charge in [-0.15, -0.1) is 12.4 Å². The highest BCUT2D eigenvalue weighted by atomic mass is 35.5. The molecule has 1 aromatic heterocycles. The molecule has 1 unspecified atom stereocenters. The van der Waals surface area contributed by atoms with Gasteiger partial charge in [-0.3, -0.25) is 9.89 Å². The molecule has 3 rings (SSSR count). The van der Waals surface area contributed by atoms with Crippen molar-refractivity contribution in [3.63, 3.8) is 0 Å². The first kappa shape index (κ1) is 22.0. The second-order valence-corrected chi connectivity index (χ2v) is 6.76. The number of ether oxygens (including phenoxy) is 2. The van der Waals surface area contributed by atoms with Crippen molar-refractivity contribution in [3.05, 3.63) is 40.7 Å². The van der Waals surface area contributed by atoms with Crippen LogP contribution in [0.1, 0.15) is 60.0 Å². The average molecular weight is 409 g/mol. The molecule has 0 aliphatic carbocycles. The lowest BCUT2D eigenvalue weighted by Gasteiger charge is -2.18. The number of carbonyl (C=O) groups excluding carboxylic acids is 1. The Bertz CT molecular complexity index is 794. The molecule has 1 amide bonds. The maximum atomic E-state index is 12.7. The van der Waals surface area contributed by atoms with Gasteiger partial charge in [-0.2, -0.15) is 5.10 Å². The molecule has 3 N–H and O–H groups in total. The molecule has 2 heterocycles. The van der Waals surface area contributed by atoms with E-state index in [4.69, 9.17) is 9.47 Å². The zero-order valence-corrected chi connectivity index (χ0v) is 17.4. The number of nitrogens with one attached hydrogen (secondary N) is 3. The third kappa shape index (κ3) is 4.97. The summed E-state index contributed by atoms with van der Waals surface area (Å²) in [6.07, 6.45) is 2.94. The maximum absolute atomic E-state index is 12.7. The summed E-state index contributed by atoms with van der Waals surface area (Å²) in [5.74, 6) is 1.22. The molecule has 0 spiro atoms. The first-order valence-corrected chi connectivity index (χ1v) is 9.52. The van der Waals surface area contributed by atoms with Crippen LogP contribution in [0.3, 0.4) is 0 Å². The number of hydrogen-bond acceptors (Lipinski definition) is 5. The average Bonchev–Trinajstić information content (AvgIpc) is 3.12. The molecule has 0 radical (unpaired) electrons. The third-order valence-corrected chi connectivity index (χ3v) is 4.81. The predicted molar refractivity (Wildman–Crippen MR) is 111 cm³/mol. The number of methoxy groups -OCH3 is 1. The molecule has 154 valence electrons. The Morgan fingerprint density at radius 2 is 2.18 bits per heavy atom. The number of amides is 1. The van der Waals surface area contributed by atoms with Gasteiger partial charge in [0.2, 0.25) is 0 Å². The van der Waals surface area contributed by atoms with Crippen LogP contribution in [-0.2, 0) is 13.0 Å². The van der Waals surface area contributed by atoms with E-state index in [1.165, 1.54) is 0 Å². The van der Waals surface area contributed by atoms with Crippen LogP contribution in [0.25, 0.3) is 0 Å². The minimum Gasteiger partial charge on any atom is -0.493 e. The molecule has 1 aromatic carbocycles. The van der Waals surface area contributed by atoms with E-state index in [-0.39, 0.29) is 24.4 Å². The highest BCUT2D eigenvalue weighted by Crippen LogP contribution is 2.30. The Balaban J connectivity index is 0.00000280. The lowest BCUT2D eigenvalue weighted by Crippen LogP contribution is -2.30. The predicted octanol–water partition coefficient (Wildman–Crippen LogP) is 3.16. The number of nitrogens with zero attached hydrogens (tertiary/aromatic N) is 1. The van der Waals surface area contributed by atoms with Gasteiger partial charge >= 0.3 is 0 Å². The van der Waals surface area contributed by atoms with Gasteiger partial charge in [0, 0.05) is 30.8 Å². The van der Waals surface area contributed by atoms with E-state index in [0.29, 0.717) is 24.6 Å². The lowest BCUT2D eigenvalue weighted by molar-refractivity contribution is 0.0933. The van der Waals surface area contributed by atoms with Crippen LogP contribution >= 0.6 is 12.4 Å². The summed E-state index contributed by atoms with van der Waals surface area (Å²) < 4.78 is 11.2. The molecular formula is C20H29ClN4O3. The molecule has 0 bridgehead atoms. The Morgan fingerprint density at radius 3 is 2.93 bits per heavy atom. The van der Waals surface area contributed by atoms with Crippen molar-refractivity contribution in [2.75, 3.05) is 20.3 Å². The number of unbranched alkanes of at least 4 members (excludes halogenated alkanes) is 1. The third-order valence-electron chi connectivity index (χ3n) is 4.81. The second-order valence-electron chi connectivity index (χ2n) is 6.76.